The number of rotatable bonds is 4. The van der Waals surface area contributed by atoms with Crippen LogP contribution >= 0.6 is 0 Å². The molecule has 0 unspecified atom stereocenters. The van der Waals surface area contributed by atoms with Gasteiger partial charge in [0.2, 0.25) is 5.89 Å². The molecule has 0 bridgehead atoms. The highest BCUT2D eigenvalue weighted by atomic mass is 16.5. The summed E-state index contributed by atoms with van der Waals surface area (Å²) >= 11 is 0. The van der Waals surface area contributed by atoms with Crippen molar-refractivity contribution in [2.24, 2.45) is 0 Å². The minimum absolute atomic E-state index is 0.248. The predicted molar refractivity (Wildman–Crippen MR) is 96.8 cm³/mol. The fourth-order valence-electron chi connectivity index (χ4n) is 3.39. The summed E-state index contributed by atoms with van der Waals surface area (Å²) in [4.78, 5) is 16.5. The Morgan fingerprint density at radius 1 is 1.12 bits per heavy atom. The van der Waals surface area contributed by atoms with E-state index in [1.54, 1.807) is 0 Å². The number of carbonyl (C=O) groups is 1. The van der Waals surface area contributed by atoms with E-state index in [2.05, 4.69) is 51.1 Å². The smallest absolute Gasteiger partial charge is 0.319 e. The van der Waals surface area contributed by atoms with Crippen LogP contribution in [0.1, 0.15) is 41.6 Å². The van der Waals surface area contributed by atoms with Gasteiger partial charge >= 0.3 is 6.03 Å². The first-order valence-corrected chi connectivity index (χ1v) is 8.85. The van der Waals surface area contributed by atoms with Gasteiger partial charge in [0.25, 0.3) is 0 Å². The zero-order chi connectivity index (χ0) is 17.5. The van der Waals surface area contributed by atoms with E-state index in [1.807, 2.05) is 12.1 Å². The molecule has 2 aliphatic carbocycles. The summed E-state index contributed by atoms with van der Waals surface area (Å²) in [6.07, 6.45) is 3.12. The molecular formula is C20H18N4O2. The van der Waals surface area contributed by atoms with Gasteiger partial charge in [0, 0.05) is 11.6 Å². The van der Waals surface area contributed by atoms with Crippen LogP contribution in [0, 0.1) is 0 Å². The van der Waals surface area contributed by atoms with Crippen molar-refractivity contribution in [1.29, 1.82) is 0 Å². The lowest BCUT2D eigenvalue weighted by molar-refractivity contribution is 0.251. The summed E-state index contributed by atoms with van der Waals surface area (Å²) in [6.45, 7) is 0.248. The number of aromatic nitrogens is 2. The van der Waals surface area contributed by atoms with E-state index in [4.69, 9.17) is 4.52 Å². The largest absolute Gasteiger partial charge is 0.339 e. The van der Waals surface area contributed by atoms with Crippen molar-refractivity contribution >= 4 is 11.7 Å². The Kier molecular flexibility index (Phi) is 3.48. The van der Waals surface area contributed by atoms with Crippen LogP contribution in [0.4, 0.5) is 10.5 Å². The fraction of sp³-hybridized carbons (Fsp3) is 0.250. The Morgan fingerprint density at radius 3 is 2.85 bits per heavy atom. The maximum absolute atomic E-state index is 12.1. The van der Waals surface area contributed by atoms with Crippen LogP contribution in [0.3, 0.4) is 0 Å². The van der Waals surface area contributed by atoms with Gasteiger partial charge in [-0.25, -0.2) is 4.79 Å². The molecule has 26 heavy (non-hydrogen) atoms. The standard InChI is InChI=1S/C20H18N4O2/c25-20(21-11-18-23-19(26-24-18)12-5-6-12)22-15-7-8-17-14(10-15)9-13-3-1-2-4-16(13)17/h1-4,7-8,10,12H,5-6,9,11H2,(H2,21,22,25). The summed E-state index contributed by atoms with van der Waals surface area (Å²) in [6, 6.07) is 14.2. The van der Waals surface area contributed by atoms with Gasteiger partial charge < -0.3 is 15.2 Å². The molecule has 1 fully saturated rings. The Hall–Kier alpha value is -3.15. The van der Waals surface area contributed by atoms with Gasteiger partial charge in [-0.1, -0.05) is 35.5 Å². The second-order valence-corrected chi connectivity index (χ2v) is 6.84. The maximum atomic E-state index is 12.1. The molecule has 5 rings (SSSR count). The summed E-state index contributed by atoms with van der Waals surface area (Å²) in [5.74, 6) is 1.60. The summed E-state index contributed by atoms with van der Waals surface area (Å²) < 4.78 is 5.19. The first-order chi connectivity index (χ1) is 12.8. The second-order valence-electron chi connectivity index (χ2n) is 6.84. The number of nitrogens with one attached hydrogen (secondary N) is 2. The van der Waals surface area contributed by atoms with Crippen molar-refractivity contribution < 1.29 is 9.32 Å². The van der Waals surface area contributed by atoms with Crippen molar-refractivity contribution in [1.82, 2.24) is 15.5 Å². The van der Waals surface area contributed by atoms with Gasteiger partial charge in [-0.05, 0) is 53.6 Å². The molecule has 1 aromatic heterocycles. The van der Waals surface area contributed by atoms with E-state index in [0.717, 1.165) is 24.9 Å². The first kappa shape index (κ1) is 15.1. The minimum atomic E-state index is -0.279. The van der Waals surface area contributed by atoms with E-state index >= 15 is 0 Å². The number of benzene rings is 2. The molecule has 0 radical (unpaired) electrons. The number of amides is 2. The number of fused-ring (bicyclic) bond motifs is 3. The van der Waals surface area contributed by atoms with Crippen LogP contribution in [0.5, 0.6) is 0 Å². The van der Waals surface area contributed by atoms with Crippen LogP contribution in [-0.4, -0.2) is 16.2 Å². The lowest BCUT2D eigenvalue weighted by atomic mass is 10.1. The van der Waals surface area contributed by atoms with Crippen molar-refractivity contribution in [3.05, 3.63) is 65.3 Å². The van der Waals surface area contributed by atoms with Crippen molar-refractivity contribution in [3.8, 4) is 11.1 Å². The summed E-state index contributed by atoms with van der Waals surface area (Å²) in [5, 5.41) is 9.54. The number of hydrogen-bond donors (Lipinski definition) is 2. The molecule has 6 nitrogen and oxygen atoms in total. The van der Waals surface area contributed by atoms with Gasteiger partial charge in [-0.3, -0.25) is 0 Å². The third kappa shape index (κ3) is 2.83. The number of anilines is 1. The molecule has 2 amide bonds. The molecule has 1 heterocycles. The molecule has 2 N–H and O–H groups in total. The van der Waals surface area contributed by atoms with E-state index in [1.165, 1.54) is 22.3 Å². The number of urea groups is 1. The Bertz CT molecular complexity index is 991. The van der Waals surface area contributed by atoms with Crippen molar-refractivity contribution in [2.75, 3.05) is 5.32 Å². The van der Waals surface area contributed by atoms with Crippen molar-refractivity contribution in [2.45, 2.75) is 31.7 Å². The number of hydrogen-bond acceptors (Lipinski definition) is 4. The van der Waals surface area contributed by atoms with E-state index in [0.29, 0.717) is 17.6 Å². The molecule has 0 aliphatic heterocycles. The SMILES string of the molecule is O=C(NCc1noc(C2CC2)n1)Nc1ccc2c(c1)Cc1ccccc1-2. The van der Waals surface area contributed by atoms with Gasteiger partial charge in [0.05, 0.1) is 6.54 Å². The minimum Gasteiger partial charge on any atom is -0.339 e. The molecule has 130 valence electrons. The van der Waals surface area contributed by atoms with Crippen LogP contribution in [0.2, 0.25) is 0 Å². The molecule has 2 aromatic carbocycles. The Labute approximate surface area is 150 Å². The van der Waals surface area contributed by atoms with Gasteiger partial charge in [0.1, 0.15) is 0 Å². The van der Waals surface area contributed by atoms with Crippen LogP contribution in [0.25, 0.3) is 11.1 Å². The van der Waals surface area contributed by atoms with Gasteiger partial charge in [-0.2, -0.15) is 4.98 Å². The lowest BCUT2D eigenvalue weighted by Crippen LogP contribution is -2.28. The molecule has 1 saturated carbocycles. The monoisotopic (exact) mass is 346 g/mol. The predicted octanol–water partition coefficient (Wildman–Crippen LogP) is 3.84. The average molecular weight is 346 g/mol. The Balaban J connectivity index is 1.22. The summed E-state index contributed by atoms with van der Waals surface area (Å²) in [5.41, 5.74) is 5.86. The zero-order valence-electron chi connectivity index (χ0n) is 14.2. The Morgan fingerprint density at radius 2 is 1.96 bits per heavy atom. The third-order valence-corrected chi connectivity index (χ3v) is 4.87. The van der Waals surface area contributed by atoms with Gasteiger partial charge in [-0.15, -0.1) is 0 Å². The molecular weight excluding hydrogens is 328 g/mol. The molecule has 3 aromatic rings. The maximum Gasteiger partial charge on any atom is 0.319 e. The highest BCUT2D eigenvalue weighted by molar-refractivity contribution is 5.90. The van der Waals surface area contributed by atoms with Crippen LogP contribution < -0.4 is 10.6 Å². The molecule has 0 spiro atoms. The second kappa shape index (κ2) is 5.98. The first-order valence-electron chi connectivity index (χ1n) is 8.85. The molecule has 0 saturated heterocycles. The number of nitrogens with zero attached hydrogens (tertiary/aromatic N) is 2. The lowest BCUT2D eigenvalue weighted by Gasteiger charge is -2.08. The molecule has 6 heteroatoms. The zero-order valence-corrected chi connectivity index (χ0v) is 14.2. The van der Waals surface area contributed by atoms with Crippen LogP contribution in [0.15, 0.2) is 47.0 Å². The molecule has 0 atom stereocenters. The van der Waals surface area contributed by atoms with Crippen molar-refractivity contribution in [3.63, 3.8) is 0 Å². The average Bonchev–Trinajstić information content (AvgIpc) is 3.27. The molecule has 2 aliphatic rings. The normalized spacial score (nSPS) is 14.6. The van der Waals surface area contributed by atoms with Gasteiger partial charge in [0.15, 0.2) is 5.82 Å². The highest BCUT2D eigenvalue weighted by Crippen LogP contribution is 2.39. The summed E-state index contributed by atoms with van der Waals surface area (Å²) in [7, 11) is 0. The number of carbonyl (C=O) groups excluding carboxylic acids is 1. The third-order valence-electron chi connectivity index (χ3n) is 4.87. The van der Waals surface area contributed by atoms with E-state index in [9.17, 15) is 4.79 Å². The quantitative estimate of drug-likeness (QED) is 0.588. The highest BCUT2D eigenvalue weighted by Gasteiger charge is 2.29. The fourth-order valence-corrected chi connectivity index (χ4v) is 3.39. The van der Waals surface area contributed by atoms with E-state index < -0.39 is 0 Å². The van der Waals surface area contributed by atoms with E-state index in [-0.39, 0.29) is 12.6 Å². The topological polar surface area (TPSA) is 80.1 Å². The van der Waals surface area contributed by atoms with Crippen LogP contribution in [-0.2, 0) is 13.0 Å².